The van der Waals surface area contributed by atoms with Gasteiger partial charge in [-0.2, -0.15) is 4.31 Å². The highest BCUT2D eigenvalue weighted by Crippen LogP contribution is 2.24. The van der Waals surface area contributed by atoms with Gasteiger partial charge < -0.3 is 5.32 Å². The molecule has 0 spiro atoms. The lowest BCUT2D eigenvalue weighted by Gasteiger charge is -2.31. The van der Waals surface area contributed by atoms with Crippen LogP contribution in [0.25, 0.3) is 0 Å². The molecule has 1 saturated heterocycles. The molecule has 4 nitrogen and oxygen atoms in total. The first-order valence-corrected chi connectivity index (χ1v) is 7.52. The summed E-state index contributed by atoms with van der Waals surface area (Å²) in [6.07, 6.45) is 1.32. The van der Waals surface area contributed by atoms with E-state index in [2.05, 4.69) is 5.32 Å². The van der Waals surface area contributed by atoms with Crippen LogP contribution in [0, 0.1) is 11.6 Å². The molecule has 7 heteroatoms. The van der Waals surface area contributed by atoms with E-state index in [1.807, 2.05) is 7.05 Å². The smallest absolute Gasteiger partial charge is 0.246 e. The zero-order valence-corrected chi connectivity index (χ0v) is 11.4. The van der Waals surface area contributed by atoms with Gasteiger partial charge in [0.1, 0.15) is 4.90 Å². The van der Waals surface area contributed by atoms with Crippen molar-refractivity contribution in [3.63, 3.8) is 0 Å². The Morgan fingerprint density at radius 3 is 2.47 bits per heavy atom. The molecule has 1 fully saturated rings. The lowest BCUT2D eigenvalue weighted by atomic mass is 10.1. The van der Waals surface area contributed by atoms with Crippen molar-refractivity contribution >= 4 is 10.0 Å². The highest BCUT2D eigenvalue weighted by Gasteiger charge is 2.31. The predicted molar refractivity (Wildman–Crippen MR) is 67.2 cm³/mol. The van der Waals surface area contributed by atoms with E-state index >= 15 is 0 Å². The molecule has 1 aliphatic rings. The van der Waals surface area contributed by atoms with Crippen molar-refractivity contribution in [1.29, 1.82) is 0 Å². The first kappa shape index (κ1) is 14.4. The molecule has 1 aromatic carbocycles. The third-order valence-corrected chi connectivity index (χ3v) is 5.31. The van der Waals surface area contributed by atoms with Crippen molar-refractivity contribution in [3.8, 4) is 0 Å². The van der Waals surface area contributed by atoms with Gasteiger partial charge in [0, 0.05) is 19.1 Å². The van der Waals surface area contributed by atoms with Gasteiger partial charge in [0.25, 0.3) is 0 Å². The van der Waals surface area contributed by atoms with Crippen molar-refractivity contribution in [2.75, 3.05) is 20.1 Å². The van der Waals surface area contributed by atoms with Crippen LogP contribution in [0.2, 0.25) is 0 Å². The second-order valence-corrected chi connectivity index (χ2v) is 6.43. The third kappa shape index (κ3) is 2.77. The first-order chi connectivity index (χ1) is 8.96. The van der Waals surface area contributed by atoms with Gasteiger partial charge in [0.2, 0.25) is 10.0 Å². The van der Waals surface area contributed by atoms with Gasteiger partial charge in [0.05, 0.1) is 0 Å². The third-order valence-electron chi connectivity index (χ3n) is 3.40. The Kier molecular flexibility index (Phi) is 4.17. The topological polar surface area (TPSA) is 49.4 Å². The minimum atomic E-state index is -3.96. The summed E-state index contributed by atoms with van der Waals surface area (Å²) in [5, 5.41) is 3.08. The zero-order chi connectivity index (χ0) is 14.0. The number of sulfonamides is 1. The van der Waals surface area contributed by atoms with Crippen LogP contribution in [0.15, 0.2) is 23.1 Å². The van der Waals surface area contributed by atoms with Crippen LogP contribution in [0.5, 0.6) is 0 Å². The number of nitrogens with one attached hydrogen (secondary N) is 1. The standard InChI is InChI=1S/C12H16F2N2O2S/c1-15-9-5-7-16(8-6-9)19(17,18)11-4-2-3-10(13)12(11)14/h2-4,9,15H,5-8H2,1H3. The van der Waals surface area contributed by atoms with E-state index < -0.39 is 26.6 Å². The van der Waals surface area contributed by atoms with Gasteiger partial charge >= 0.3 is 0 Å². The molecule has 0 aromatic heterocycles. The Morgan fingerprint density at radius 1 is 1.26 bits per heavy atom. The van der Waals surface area contributed by atoms with Crippen LogP contribution in [0.3, 0.4) is 0 Å². The Hall–Kier alpha value is -1.05. The SMILES string of the molecule is CNC1CCN(S(=O)(=O)c2cccc(F)c2F)CC1. The summed E-state index contributed by atoms with van der Waals surface area (Å²) in [6, 6.07) is 3.47. The van der Waals surface area contributed by atoms with Gasteiger partial charge in [-0.25, -0.2) is 17.2 Å². The fourth-order valence-electron chi connectivity index (χ4n) is 2.21. The average molecular weight is 290 g/mol. The number of halogens is 2. The number of nitrogens with zero attached hydrogens (tertiary/aromatic N) is 1. The number of hydrogen-bond donors (Lipinski definition) is 1. The predicted octanol–water partition coefficient (Wildman–Crippen LogP) is 1.34. The molecule has 0 atom stereocenters. The van der Waals surface area contributed by atoms with Gasteiger partial charge in [-0.1, -0.05) is 6.07 Å². The number of rotatable bonds is 3. The monoisotopic (exact) mass is 290 g/mol. The molecule has 0 bridgehead atoms. The summed E-state index contributed by atoms with van der Waals surface area (Å²) in [5.74, 6) is -2.45. The van der Waals surface area contributed by atoms with Crippen LogP contribution < -0.4 is 5.32 Å². The summed E-state index contributed by atoms with van der Waals surface area (Å²) in [7, 11) is -2.14. The van der Waals surface area contributed by atoms with Crippen molar-refractivity contribution in [2.24, 2.45) is 0 Å². The molecule has 0 saturated carbocycles. The van der Waals surface area contributed by atoms with Crippen LogP contribution >= 0.6 is 0 Å². The van der Waals surface area contributed by atoms with Crippen LogP contribution in [-0.2, 0) is 10.0 Å². The first-order valence-electron chi connectivity index (χ1n) is 6.08. The molecule has 1 heterocycles. The molecular formula is C12H16F2N2O2S. The molecule has 1 aromatic rings. The second kappa shape index (κ2) is 5.52. The Morgan fingerprint density at radius 2 is 1.89 bits per heavy atom. The highest BCUT2D eigenvalue weighted by atomic mass is 32.2. The largest absolute Gasteiger partial charge is 0.317 e. The van der Waals surface area contributed by atoms with Gasteiger partial charge in [-0.3, -0.25) is 0 Å². The van der Waals surface area contributed by atoms with E-state index in [1.54, 1.807) is 0 Å². The average Bonchev–Trinajstić information content (AvgIpc) is 2.41. The molecule has 0 amide bonds. The molecule has 0 unspecified atom stereocenters. The quantitative estimate of drug-likeness (QED) is 0.914. The maximum absolute atomic E-state index is 13.6. The molecular weight excluding hydrogens is 274 g/mol. The summed E-state index contributed by atoms with van der Waals surface area (Å²) < 4.78 is 52.4. The normalized spacial score (nSPS) is 18.7. The Bertz CT molecular complexity index is 555. The Balaban J connectivity index is 2.26. The second-order valence-electron chi connectivity index (χ2n) is 4.52. The summed E-state index contributed by atoms with van der Waals surface area (Å²) in [5.41, 5.74) is 0. The maximum atomic E-state index is 13.6. The number of benzene rings is 1. The van der Waals surface area contributed by atoms with Crippen molar-refractivity contribution < 1.29 is 17.2 Å². The van der Waals surface area contributed by atoms with Gasteiger partial charge in [-0.15, -0.1) is 0 Å². The van der Waals surface area contributed by atoms with E-state index in [0.717, 1.165) is 12.1 Å². The van der Waals surface area contributed by atoms with Crippen molar-refractivity contribution in [2.45, 2.75) is 23.8 Å². The molecule has 1 aliphatic heterocycles. The number of hydrogen-bond acceptors (Lipinski definition) is 3. The van der Waals surface area contributed by atoms with E-state index in [4.69, 9.17) is 0 Å². The number of piperidine rings is 1. The fourth-order valence-corrected chi connectivity index (χ4v) is 3.75. The van der Waals surface area contributed by atoms with Crippen LogP contribution in [-0.4, -0.2) is 38.9 Å². The maximum Gasteiger partial charge on any atom is 0.246 e. The molecule has 0 radical (unpaired) electrons. The van der Waals surface area contributed by atoms with Gasteiger partial charge in [0.15, 0.2) is 11.6 Å². The summed E-state index contributed by atoms with van der Waals surface area (Å²) in [4.78, 5) is -0.588. The van der Waals surface area contributed by atoms with E-state index in [1.165, 1.54) is 10.4 Å². The van der Waals surface area contributed by atoms with Crippen LogP contribution in [0.4, 0.5) is 8.78 Å². The van der Waals surface area contributed by atoms with E-state index in [-0.39, 0.29) is 6.04 Å². The molecule has 1 N–H and O–H groups in total. The van der Waals surface area contributed by atoms with Gasteiger partial charge in [-0.05, 0) is 32.0 Å². The molecule has 19 heavy (non-hydrogen) atoms. The fraction of sp³-hybridized carbons (Fsp3) is 0.500. The summed E-state index contributed by atoms with van der Waals surface area (Å²) in [6.45, 7) is 0.619. The Labute approximate surface area is 111 Å². The van der Waals surface area contributed by atoms with E-state index in [0.29, 0.717) is 25.9 Å². The van der Waals surface area contributed by atoms with E-state index in [9.17, 15) is 17.2 Å². The molecule has 2 rings (SSSR count). The lowest BCUT2D eigenvalue weighted by Crippen LogP contribution is -2.44. The highest BCUT2D eigenvalue weighted by molar-refractivity contribution is 7.89. The van der Waals surface area contributed by atoms with Crippen molar-refractivity contribution in [1.82, 2.24) is 9.62 Å². The minimum absolute atomic E-state index is 0.267. The minimum Gasteiger partial charge on any atom is -0.317 e. The van der Waals surface area contributed by atoms with Crippen LogP contribution in [0.1, 0.15) is 12.8 Å². The zero-order valence-electron chi connectivity index (χ0n) is 10.6. The molecule has 0 aliphatic carbocycles. The molecule has 106 valence electrons. The lowest BCUT2D eigenvalue weighted by molar-refractivity contribution is 0.297. The summed E-state index contributed by atoms with van der Waals surface area (Å²) >= 11 is 0. The van der Waals surface area contributed by atoms with Crippen molar-refractivity contribution in [3.05, 3.63) is 29.8 Å².